The Balaban J connectivity index is 1.67. The van der Waals surface area contributed by atoms with Gasteiger partial charge in [-0.1, -0.05) is 41.9 Å². The van der Waals surface area contributed by atoms with E-state index in [1.54, 1.807) is 26.6 Å². The second-order valence-corrected chi connectivity index (χ2v) is 8.41. The number of amides is 1. The molecule has 0 fully saturated rings. The Morgan fingerprint density at radius 1 is 1.09 bits per heavy atom. The van der Waals surface area contributed by atoms with Crippen LogP contribution in [0.25, 0.3) is 27.7 Å². The summed E-state index contributed by atoms with van der Waals surface area (Å²) in [6.07, 6.45) is 3.32. The summed E-state index contributed by atoms with van der Waals surface area (Å²) in [6.45, 7) is 4.22. The number of nitrogens with one attached hydrogen (secondary N) is 1. The molecular formula is C28H26ClNO4. The lowest BCUT2D eigenvalue weighted by atomic mass is 9.96. The van der Waals surface area contributed by atoms with Gasteiger partial charge in [-0.2, -0.15) is 0 Å². The average molecular weight is 476 g/mol. The molecule has 4 rings (SSSR count). The van der Waals surface area contributed by atoms with Crippen LogP contribution in [0.5, 0.6) is 11.5 Å². The van der Waals surface area contributed by atoms with Crippen molar-refractivity contribution in [3.8, 4) is 22.6 Å². The van der Waals surface area contributed by atoms with Gasteiger partial charge in [-0.3, -0.25) is 4.79 Å². The predicted octanol–water partition coefficient (Wildman–Crippen LogP) is 6.80. The third-order valence-corrected chi connectivity index (χ3v) is 6.07. The summed E-state index contributed by atoms with van der Waals surface area (Å²) in [6, 6.07) is 17.2. The maximum atomic E-state index is 12.7. The van der Waals surface area contributed by atoms with Crippen LogP contribution >= 0.6 is 11.6 Å². The van der Waals surface area contributed by atoms with Gasteiger partial charge in [-0.15, -0.1) is 0 Å². The Hall–Kier alpha value is -3.70. The molecule has 0 unspecified atom stereocenters. The molecule has 0 aliphatic rings. The third kappa shape index (κ3) is 4.66. The van der Waals surface area contributed by atoms with E-state index in [9.17, 15) is 4.79 Å². The largest absolute Gasteiger partial charge is 0.496 e. The first-order chi connectivity index (χ1) is 16.4. The highest BCUT2D eigenvalue weighted by molar-refractivity contribution is 6.30. The zero-order valence-electron chi connectivity index (χ0n) is 19.6. The molecule has 0 bridgehead atoms. The number of hydrogen-bond donors (Lipinski definition) is 1. The Labute approximate surface area is 203 Å². The molecule has 1 heterocycles. The summed E-state index contributed by atoms with van der Waals surface area (Å²) in [5.41, 5.74) is 6.09. The number of carbonyl (C=O) groups excluding carboxylic acids is 1. The summed E-state index contributed by atoms with van der Waals surface area (Å²) in [7, 11) is 3.24. The van der Waals surface area contributed by atoms with Crippen molar-refractivity contribution in [1.29, 1.82) is 0 Å². The van der Waals surface area contributed by atoms with Gasteiger partial charge in [0.05, 0.1) is 20.5 Å². The molecule has 0 saturated heterocycles. The number of para-hydroxylation sites is 1. The van der Waals surface area contributed by atoms with Crippen LogP contribution in [0.1, 0.15) is 23.6 Å². The minimum atomic E-state index is -0.201. The molecule has 4 aromatic rings. The Morgan fingerprint density at radius 2 is 1.82 bits per heavy atom. The second kappa shape index (κ2) is 10.1. The van der Waals surface area contributed by atoms with E-state index in [0.29, 0.717) is 17.3 Å². The fourth-order valence-corrected chi connectivity index (χ4v) is 4.21. The smallest absolute Gasteiger partial charge is 0.244 e. The number of carbonyl (C=O) groups is 1. The van der Waals surface area contributed by atoms with Crippen molar-refractivity contribution in [2.45, 2.75) is 20.4 Å². The minimum Gasteiger partial charge on any atom is -0.496 e. The van der Waals surface area contributed by atoms with Gasteiger partial charge >= 0.3 is 0 Å². The van der Waals surface area contributed by atoms with Crippen LogP contribution in [0.2, 0.25) is 5.02 Å². The molecule has 1 amide bonds. The van der Waals surface area contributed by atoms with E-state index in [0.717, 1.165) is 50.1 Å². The van der Waals surface area contributed by atoms with E-state index in [2.05, 4.69) is 5.32 Å². The van der Waals surface area contributed by atoms with Gasteiger partial charge < -0.3 is 19.2 Å². The number of halogens is 1. The number of furan rings is 1. The molecule has 174 valence electrons. The first-order valence-electron chi connectivity index (χ1n) is 10.9. The highest BCUT2D eigenvalue weighted by Gasteiger charge is 2.19. The van der Waals surface area contributed by atoms with Gasteiger partial charge in [0.1, 0.15) is 17.1 Å². The number of hydrogen-bond acceptors (Lipinski definition) is 4. The topological polar surface area (TPSA) is 60.7 Å². The first-order valence-corrected chi connectivity index (χ1v) is 11.2. The first kappa shape index (κ1) is 23.5. The molecule has 6 heteroatoms. The van der Waals surface area contributed by atoms with Gasteiger partial charge in [0.25, 0.3) is 0 Å². The average Bonchev–Trinajstić information content (AvgIpc) is 3.27. The lowest BCUT2D eigenvalue weighted by Crippen LogP contribution is -2.21. The number of fused-ring (bicyclic) bond motifs is 1. The van der Waals surface area contributed by atoms with Crippen molar-refractivity contribution < 1.29 is 18.7 Å². The van der Waals surface area contributed by atoms with Crippen LogP contribution in [0.4, 0.5) is 0 Å². The predicted molar refractivity (Wildman–Crippen MR) is 136 cm³/mol. The number of methoxy groups -OCH3 is 2. The van der Waals surface area contributed by atoms with Crippen molar-refractivity contribution in [2.24, 2.45) is 0 Å². The number of rotatable bonds is 7. The van der Waals surface area contributed by atoms with E-state index in [-0.39, 0.29) is 5.91 Å². The molecule has 0 atom stereocenters. The van der Waals surface area contributed by atoms with Gasteiger partial charge in [-0.25, -0.2) is 0 Å². The summed E-state index contributed by atoms with van der Waals surface area (Å²) in [5.74, 6) is 1.21. The van der Waals surface area contributed by atoms with Crippen molar-refractivity contribution in [3.63, 3.8) is 0 Å². The molecule has 3 aromatic carbocycles. The molecule has 0 saturated carbocycles. The van der Waals surface area contributed by atoms with Crippen molar-refractivity contribution in [3.05, 3.63) is 88.6 Å². The monoisotopic (exact) mass is 475 g/mol. The quantitative estimate of drug-likeness (QED) is 0.299. The van der Waals surface area contributed by atoms with Crippen molar-refractivity contribution in [2.75, 3.05) is 14.2 Å². The van der Waals surface area contributed by atoms with E-state index >= 15 is 0 Å². The number of allylic oxidation sites excluding steroid dienone is 1. The van der Waals surface area contributed by atoms with Crippen molar-refractivity contribution >= 4 is 34.1 Å². The standard InChI is InChI=1S/C28H26ClNO4/c1-17(13-26(31)30-15-20-7-5-6-8-25(20)32-3)22-14-23-24(19-9-11-21(29)12-10-19)16-34-28(23)18(2)27(22)33-4/h5-14,16H,15H2,1-4H3,(H,30,31)/b17-13+. The zero-order valence-corrected chi connectivity index (χ0v) is 20.3. The fraction of sp³-hybridized carbons (Fsp3) is 0.179. The summed E-state index contributed by atoms with van der Waals surface area (Å²) in [5, 5.41) is 4.55. The van der Waals surface area contributed by atoms with Crippen LogP contribution in [-0.4, -0.2) is 20.1 Å². The zero-order chi connectivity index (χ0) is 24.2. The summed E-state index contributed by atoms with van der Waals surface area (Å²) in [4.78, 5) is 12.7. The Kier molecular flexibility index (Phi) is 6.94. The molecule has 1 N–H and O–H groups in total. The van der Waals surface area contributed by atoms with Crippen LogP contribution in [0.3, 0.4) is 0 Å². The molecule has 0 radical (unpaired) electrons. The summed E-state index contributed by atoms with van der Waals surface area (Å²) >= 11 is 6.06. The third-order valence-electron chi connectivity index (χ3n) is 5.82. The van der Waals surface area contributed by atoms with E-state index in [4.69, 9.17) is 25.5 Å². The Morgan fingerprint density at radius 3 is 2.53 bits per heavy atom. The van der Waals surface area contributed by atoms with Gasteiger partial charge in [0.2, 0.25) is 5.91 Å². The van der Waals surface area contributed by atoms with Gasteiger partial charge in [0.15, 0.2) is 0 Å². The van der Waals surface area contributed by atoms with Crippen LogP contribution in [0.15, 0.2) is 71.4 Å². The highest BCUT2D eigenvalue weighted by Crippen LogP contribution is 2.40. The molecule has 1 aromatic heterocycles. The molecule has 0 spiro atoms. The minimum absolute atomic E-state index is 0.201. The molecule has 34 heavy (non-hydrogen) atoms. The van der Waals surface area contributed by atoms with Crippen LogP contribution < -0.4 is 14.8 Å². The molecule has 0 aliphatic carbocycles. The maximum absolute atomic E-state index is 12.7. The number of ether oxygens (including phenoxy) is 2. The van der Waals surface area contributed by atoms with E-state index < -0.39 is 0 Å². The van der Waals surface area contributed by atoms with Gasteiger partial charge in [-0.05, 0) is 49.2 Å². The number of aryl methyl sites for hydroxylation is 1. The SMILES string of the molecule is COc1ccccc1CNC(=O)/C=C(\C)c1cc2c(-c3ccc(Cl)cc3)coc2c(C)c1OC. The van der Waals surface area contributed by atoms with E-state index in [1.807, 2.05) is 68.4 Å². The fourth-order valence-electron chi connectivity index (χ4n) is 4.08. The lowest BCUT2D eigenvalue weighted by Gasteiger charge is -2.13. The van der Waals surface area contributed by atoms with Gasteiger partial charge in [0, 0.05) is 45.3 Å². The van der Waals surface area contributed by atoms with E-state index in [1.165, 1.54) is 0 Å². The Bertz CT molecular complexity index is 1370. The molecule has 0 aliphatic heterocycles. The second-order valence-electron chi connectivity index (χ2n) is 7.97. The lowest BCUT2D eigenvalue weighted by molar-refractivity contribution is -0.116. The summed E-state index contributed by atoms with van der Waals surface area (Å²) < 4.78 is 17.0. The molecule has 5 nitrogen and oxygen atoms in total. The number of benzene rings is 3. The highest BCUT2D eigenvalue weighted by atomic mass is 35.5. The molecular weight excluding hydrogens is 450 g/mol. The maximum Gasteiger partial charge on any atom is 0.244 e. The van der Waals surface area contributed by atoms with Crippen LogP contribution in [-0.2, 0) is 11.3 Å². The van der Waals surface area contributed by atoms with Crippen LogP contribution in [0, 0.1) is 6.92 Å². The normalized spacial score (nSPS) is 11.5. The van der Waals surface area contributed by atoms with Crippen molar-refractivity contribution in [1.82, 2.24) is 5.32 Å².